The van der Waals surface area contributed by atoms with Gasteiger partial charge < -0.3 is 14.9 Å². The van der Waals surface area contributed by atoms with Crippen LogP contribution in [0.15, 0.2) is 0 Å². The van der Waals surface area contributed by atoms with E-state index in [1.165, 1.54) is 32.1 Å². The van der Waals surface area contributed by atoms with Crippen LogP contribution < -0.4 is 0 Å². The van der Waals surface area contributed by atoms with Crippen LogP contribution in [0, 0.1) is 5.92 Å². The minimum atomic E-state index is -0.954. The molecule has 0 rings (SSSR count). The number of unbranched alkanes of at least 4 members (excludes halogenated alkanes) is 4. The van der Waals surface area contributed by atoms with Crippen LogP contribution in [0.3, 0.4) is 0 Å². The van der Waals surface area contributed by atoms with Gasteiger partial charge in [-0.2, -0.15) is 0 Å². The Bertz CT molecular complexity index is 218. The average Bonchev–Trinajstić information content (AvgIpc) is 2.43. The van der Waals surface area contributed by atoms with E-state index in [2.05, 4.69) is 13.8 Å². The van der Waals surface area contributed by atoms with E-state index in [0.29, 0.717) is 6.42 Å². The quantitative estimate of drug-likeness (QED) is 0.424. The fraction of sp³-hybridized carbons (Fsp3) is 0.933. The summed E-state index contributed by atoms with van der Waals surface area (Å²) >= 11 is 0. The predicted molar refractivity (Wildman–Crippen MR) is 75.8 cm³/mol. The van der Waals surface area contributed by atoms with E-state index in [1.54, 1.807) is 0 Å². The molecule has 2 N–H and O–H groups in total. The van der Waals surface area contributed by atoms with Gasteiger partial charge in [0.2, 0.25) is 0 Å². The van der Waals surface area contributed by atoms with Crippen molar-refractivity contribution in [3.8, 4) is 0 Å². The number of rotatable bonds is 12. The summed E-state index contributed by atoms with van der Waals surface area (Å²) in [5, 5.41) is 17.6. The lowest BCUT2D eigenvalue weighted by molar-refractivity contribution is -0.147. The summed E-state index contributed by atoms with van der Waals surface area (Å²) < 4.78 is 4.82. The van der Waals surface area contributed by atoms with Crippen LogP contribution in [-0.2, 0) is 9.53 Å². The van der Waals surface area contributed by atoms with Gasteiger partial charge in [0.25, 0.3) is 0 Å². The Hall–Kier alpha value is -0.610. The number of hydrogen-bond acceptors (Lipinski definition) is 4. The monoisotopic (exact) mass is 274 g/mol. The van der Waals surface area contributed by atoms with E-state index in [4.69, 9.17) is 14.9 Å². The molecule has 0 saturated carbocycles. The second kappa shape index (κ2) is 12.4. The zero-order valence-corrected chi connectivity index (χ0v) is 12.4. The minimum absolute atomic E-state index is 0.107. The molecule has 114 valence electrons. The van der Waals surface area contributed by atoms with Crippen molar-refractivity contribution in [3.63, 3.8) is 0 Å². The number of aliphatic hydroxyl groups excluding tert-OH is 2. The van der Waals surface area contributed by atoms with Crippen molar-refractivity contribution in [2.24, 2.45) is 5.92 Å². The normalized spacial score (nSPS) is 14.1. The second-order valence-corrected chi connectivity index (χ2v) is 5.34. The summed E-state index contributed by atoms with van der Waals surface area (Å²) in [4.78, 5) is 11.3. The van der Waals surface area contributed by atoms with Crippen LogP contribution in [-0.4, -0.2) is 35.5 Å². The lowest BCUT2D eigenvalue weighted by atomic mass is 10.00. The van der Waals surface area contributed by atoms with Gasteiger partial charge in [-0.15, -0.1) is 0 Å². The minimum Gasteiger partial charge on any atom is -0.463 e. The average molecular weight is 274 g/mol. The van der Waals surface area contributed by atoms with E-state index in [1.807, 2.05) is 0 Å². The van der Waals surface area contributed by atoms with Crippen molar-refractivity contribution < 1.29 is 19.7 Å². The molecule has 4 nitrogen and oxygen atoms in total. The van der Waals surface area contributed by atoms with Gasteiger partial charge in [0.05, 0.1) is 6.61 Å². The standard InChI is InChI=1S/C15H30O4/c1-3-13(2)9-7-5-4-6-8-10-15(18)19-12-14(17)11-16/h13-14,16-17H,3-12H2,1-2H3. The third-order valence-electron chi connectivity index (χ3n) is 3.42. The SMILES string of the molecule is CCC(C)CCCCCCCC(=O)OCC(O)CO. The van der Waals surface area contributed by atoms with E-state index >= 15 is 0 Å². The zero-order chi connectivity index (χ0) is 14.5. The van der Waals surface area contributed by atoms with E-state index in [9.17, 15) is 4.79 Å². The van der Waals surface area contributed by atoms with Crippen molar-refractivity contribution in [3.05, 3.63) is 0 Å². The van der Waals surface area contributed by atoms with Crippen LogP contribution in [0.1, 0.15) is 65.2 Å². The largest absolute Gasteiger partial charge is 0.463 e. The van der Waals surface area contributed by atoms with Crippen molar-refractivity contribution in [1.82, 2.24) is 0 Å². The molecule has 0 bridgehead atoms. The van der Waals surface area contributed by atoms with Crippen molar-refractivity contribution >= 4 is 5.97 Å². The highest BCUT2D eigenvalue weighted by atomic mass is 16.5. The van der Waals surface area contributed by atoms with E-state index in [-0.39, 0.29) is 19.2 Å². The highest BCUT2D eigenvalue weighted by Crippen LogP contribution is 2.14. The van der Waals surface area contributed by atoms with Crippen molar-refractivity contribution in [1.29, 1.82) is 0 Å². The molecule has 2 unspecified atom stereocenters. The summed E-state index contributed by atoms with van der Waals surface area (Å²) in [7, 11) is 0. The summed E-state index contributed by atoms with van der Waals surface area (Å²) in [6, 6.07) is 0. The molecule has 0 aliphatic carbocycles. The Morgan fingerprint density at radius 1 is 1.16 bits per heavy atom. The van der Waals surface area contributed by atoms with Crippen LogP contribution in [0.2, 0.25) is 0 Å². The molecule has 0 amide bonds. The maximum absolute atomic E-state index is 11.3. The van der Waals surface area contributed by atoms with Crippen LogP contribution in [0.25, 0.3) is 0 Å². The Labute approximate surface area is 117 Å². The third-order valence-corrected chi connectivity index (χ3v) is 3.42. The lowest BCUT2D eigenvalue weighted by Crippen LogP contribution is -2.21. The molecule has 2 atom stereocenters. The highest BCUT2D eigenvalue weighted by Gasteiger charge is 2.07. The fourth-order valence-electron chi connectivity index (χ4n) is 1.81. The molecule has 0 aromatic carbocycles. The highest BCUT2D eigenvalue weighted by molar-refractivity contribution is 5.69. The molecule has 4 heteroatoms. The number of ether oxygens (including phenoxy) is 1. The number of aliphatic hydroxyl groups is 2. The first-order valence-electron chi connectivity index (χ1n) is 7.54. The first kappa shape index (κ1) is 18.4. The van der Waals surface area contributed by atoms with E-state index < -0.39 is 6.10 Å². The Morgan fingerprint density at radius 2 is 1.79 bits per heavy atom. The van der Waals surface area contributed by atoms with Crippen LogP contribution in [0.5, 0.6) is 0 Å². The van der Waals surface area contributed by atoms with Gasteiger partial charge in [0.15, 0.2) is 0 Å². The summed E-state index contributed by atoms with van der Waals surface area (Å²) in [5.74, 6) is 0.542. The Kier molecular flexibility index (Phi) is 12.0. The van der Waals surface area contributed by atoms with Crippen LogP contribution >= 0.6 is 0 Å². The first-order chi connectivity index (χ1) is 9.10. The number of carbonyl (C=O) groups is 1. The second-order valence-electron chi connectivity index (χ2n) is 5.34. The predicted octanol–water partition coefficient (Wildman–Crippen LogP) is 2.66. The van der Waals surface area contributed by atoms with Gasteiger partial charge in [-0.3, -0.25) is 4.79 Å². The Morgan fingerprint density at radius 3 is 2.42 bits per heavy atom. The smallest absolute Gasteiger partial charge is 0.305 e. The maximum atomic E-state index is 11.3. The van der Waals surface area contributed by atoms with Crippen molar-refractivity contribution in [2.75, 3.05) is 13.2 Å². The maximum Gasteiger partial charge on any atom is 0.305 e. The van der Waals surface area contributed by atoms with Gasteiger partial charge >= 0.3 is 5.97 Å². The number of esters is 1. The first-order valence-corrected chi connectivity index (χ1v) is 7.54. The molecule has 0 aromatic heterocycles. The number of hydrogen-bond donors (Lipinski definition) is 2. The molecule has 0 radical (unpaired) electrons. The molecule has 0 aliphatic rings. The Balaban J connectivity index is 3.27. The van der Waals surface area contributed by atoms with Crippen molar-refractivity contribution in [2.45, 2.75) is 71.3 Å². The zero-order valence-electron chi connectivity index (χ0n) is 12.4. The van der Waals surface area contributed by atoms with Gasteiger partial charge in [0, 0.05) is 6.42 Å². The van der Waals surface area contributed by atoms with Gasteiger partial charge in [-0.1, -0.05) is 52.4 Å². The molecule has 19 heavy (non-hydrogen) atoms. The summed E-state index contributed by atoms with van der Waals surface area (Å²) in [6.45, 7) is 4.04. The molecule has 0 spiro atoms. The molecule has 0 saturated heterocycles. The number of carbonyl (C=O) groups excluding carboxylic acids is 1. The lowest BCUT2D eigenvalue weighted by Gasteiger charge is -2.09. The summed E-state index contributed by atoms with van der Waals surface area (Å²) in [6.07, 6.45) is 7.60. The summed E-state index contributed by atoms with van der Waals surface area (Å²) in [5.41, 5.74) is 0. The van der Waals surface area contributed by atoms with Gasteiger partial charge in [0.1, 0.15) is 12.7 Å². The van der Waals surface area contributed by atoms with Gasteiger partial charge in [-0.25, -0.2) is 0 Å². The van der Waals surface area contributed by atoms with Crippen LogP contribution in [0.4, 0.5) is 0 Å². The molecule has 0 fully saturated rings. The molecule has 0 aromatic rings. The van der Waals surface area contributed by atoms with Gasteiger partial charge in [-0.05, 0) is 12.3 Å². The van der Waals surface area contributed by atoms with E-state index in [0.717, 1.165) is 18.8 Å². The molecular weight excluding hydrogens is 244 g/mol. The fourth-order valence-corrected chi connectivity index (χ4v) is 1.81. The third kappa shape index (κ3) is 12.2. The topological polar surface area (TPSA) is 66.8 Å². The molecule has 0 heterocycles. The molecular formula is C15H30O4. The molecule has 0 aliphatic heterocycles.